The van der Waals surface area contributed by atoms with Crippen LogP contribution in [0.4, 0.5) is 0 Å². The zero-order valence-electron chi connectivity index (χ0n) is 8.16. The maximum Gasteiger partial charge on any atom is 0.306 e. The number of hydrogen-bond acceptors (Lipinski definition) is 3. The van der Waals surface area contributed by atoms with E-state index in [1.54, 1.807) is 0 Å². The van der Waals surface area contributed by atoms with E-state index in [0.717, 1.165) is 6.42 Å². The highest BCUT2D eigenvalue weighted by molar-refractivity contribution is 5.69. The van der Waals surface area contributed by atoms with E-state index in [2.05, 4.69) is 0 Å². The van der Waals surface area contributed by atoms with E-state index >= 15 is 0 Å². The number of esters is 1. The van der Waals surface area contributed by atoms with E-state index in [1.807, 2.05) is 26.0 Å². The Morgan fingerprint density at radius 1 is 1.62 bits per heavy atom. The summed E-state index contributed by atoms with van der Waals surface area (Å²) in [5, 5.41) is 0. The normalized spacial score (nSPS) is 26.3. The number of carbonyl (C=O) groups is 1. The third kappa shape index (κ3) is 4.08. The summed E-state index contributed by atoms with van der Waals surface area (Å²) in [5.41, 5.74) is 0. The van der Waals surface area contributed by atoms with E-state index in [1.165, 1.54) is 0 Å². The van der Waals surface area contributed by atoms with Gasteiger partial charge in [0.25, 0.3) is 0 Å². The van der Waals surface area contributed by atoms with Gasteiger partial charge in [-0.25, -0.2) is 0 Å². The minimum absolute atomic E-state index is 0.138. The molecule has 0 spiro atoms. The second-order valence-electron chi connectivity index (χ2n) is 3.17. The van der Waals surface area contributed by atoms with Crippen molar-refractivity contribution < 1.29 is 14.3 Å². The monoisotopic (exact) mass is 184 g/mol. The average molecular weight is 184 g/mol. The lowest BCUT2D eigenvalue weighted by Gasteiger charge is -2.00. The van der Waals surface area contributed by atoms with Crippen LogP contribution in [0.25, 0.3) is 0 Å². The Kier molecular flexibility index (Phi) is 3.96. The minimum Gasteiger partial charge on any atom is -0.463 e. The van der Waals surface area contributed by atoms with Gasteiger partial charge in [0.15, 0.2) is 0 Å². The predicted molar refractivity (Wildman–Crippen MR) is 49.3 cm³/mol. The Morgan fingerprint density at radius 2 is 2.31 bits per heavy atom. The summed E-state index contributed by atoms with van der Waals surface area (Å²) >= 11 is 0. The van der Waals surface area contributed by atoms with Crippen molar-refractivity contribution in [2.75, 3.05) is 6.61 Å². The first-order valence-electron chi connectivity index (χ1n) is 4.66. The van der Waals surface area contributed by atoms with Gasteiger partial charge in [-0.15, -0.1) is 0 Å². The van der Waals surface area contributed by atoms with Crippen molar-refractivity contribution >= 4 is 5.97 Å². The number of rotatable bonds is 5. The molecule has 0 aliphatic carbocycles. The van der Waals surface area contributed by atoms with Crippen molar-refractivity contribution in [3.8, 4) is 0 Å². The van der Waals surface area contributed by atoms with Crippen LogP contribution in [-0.2, 0) is 14.3 Å². The van der Waals surface area contributed by atoms with Crippen molar-refractivity contribution in [1.82, 2.24) is 0 Å². The average Bonchev–Trinajstić information content (AvgIpc) is 2.79. The molecule has 1 aliphatic heterocycles. The van der Waals surface area contributed by atoms with Gasteiger partial charge >= 0.3 is 5.97 Å². The van der Waals surface area contributed by atoms with Crippen molar-refractivity contribution in [2.24, 2.45) is 0 Å². The van der Waals surface area contributed by atoms with Gasteiger partial charge < -0.3 is 9.47 Å². The molecule has 0 radical (unpaired) electrons. The van der Waals surface area contributed by atoms with Gasteiger partial charge in [0, 0.05) is 6.42 Å². The molecule has 74 valence electrons. The van der Waals surface area contributed by atoms with E-state index < -0.39 is 0 Å². The van der Waals surface area contributed by atoms with Crippen LogP contribution in [0.5, 0.6) is 0 Å². The van der Waals surface area contributed by atoms with Crippen LogP contribution < -0.4 is 0 Å². The largest absolute Gasteiger partial charge is 0.463 e. The predicted octanol–water partition coefficient (Wildman–Crippen LogP) is 1.67. The maximum atomic E-state index is 11.0. The lowest BCUT2D eigenvalue weighted by molar-refractivity contribution is -0.144. The zero-order chi connectivity index (χ0) is 9.68. The fourth-order valence-corrected chi connectivity index (χ4v) is 1.02. The molecule has 1 saturated heterocycles. The summed E-state index contributed by atoms with van der Waals surface area (Å²) in [4.78, 5) is 11.0. The third-order valence-electron chi connectivity index (χ3n) is 2.00. The van der Waals surface area contributed by atoms with Gasteiger partial charge in [-0.2, -0.15) is 0 Å². The highest BCUT2D eigenvalue weighted by atomic mass is 16.6. The summed E-state index contributed by atoms with van der Waals surface area (Å²) in [6.07, 6.45) is 5.52. The van der Waals surface area contributed by atoms with Gasteiger partial charge in [-0.3, -0.25) is 4.79 Å². The van der Waals surface area contributed by atoms with Crippen LogP contribution in [-0.4, -0.2) is 24.8 Å². The third-order valence-corrected chi connectivity index (χ3v) is 2.00. The standard InChI is InChI=1S/C10H16O3/c1-3-4-5-6-10(11)12-7-9-8(2)13-9/h3-4,8-9H,5-7H2,1-2H3/b4-3+. The summed E-state index contributed by atoms with van der Waals surface area (Å²) in [6, 6.07) is 0. The molecular formula is C10H16O3. The molecule has 1 fully saturated rings. The molecule has 1 rings (SSSR count). The maximum absolute atomic E-state index is 11.0. The Labute approximate surface area is 78.7 Å². The van der Waals surface area contributed by atoms with Gasteiger partial charge in [0.05, 0.1) is 6.10 Å². The van der Waals surface area contributed by atoms with Crippen LogP contribution in [0, 0.1) is 0 Å². The van der Waals surface area contributed by atoms with Crippen LogP contribution >= 0.6 is 0 Å². The number of carbonyl (C=O) groups excluding carboxylic acids is 1. The molecule has 13 heavy (non-hydrogen) atoms. The molecule has 1 aliphatic rings. The first-order valence-corrected chi connectivity index (χ1v) is 4.66. The molecule has 2 unspecified atom stereocenters. The molecule has 0 aromatic rings. The van der Waals surface area contributed by atoms with Crippen LogP contribution in [0.1, 0.15) is 26.7 Å². The summed E-state index contributed by atoms with van der Waals surface area (Å²) < 4.78 is 10.1. The molecule has 0 aromatic carbocycles. The SMILES string of the molecule is C/C=C/CCC(=O)OCC1OC1C. The topological polar surface area (TPSA) is 38.8 Å². The molecule has 0 saturated carbocycles. The fraction of sp³-hybridized carbons (Fsp3) is 0.700. The van der Waals surface area contributed by atoms with E-state index in [9.17, 15) is 4.79 Å². The molecule has 1 heterocycles. The van der Waals surface area contributed by atoms with Crippen LogP contribution in [0.15, 0.2) is 12.2 Å². The quantitative estimate of drug-likeness (QED) is 0.370. The smallest absolute Gasteiger partial charge is 0.306 e. The molecule has 2 atom stereocenters. The molecule has 3 nitrogen and oxygen atoms in total. The zero-order valence-corrected chi connectivity index (χ0v) is 8.16. The van der Waals surface area contributed by atoms with Gasteiger partial charge in [-0.05, 0) is 20.3 Å². The van der Waals surface area contributed by atoms with E-state index in [0.29, 0.717) is 13.0 Å². The van der Waals surface area contributed by atoms with Gasteiger partial charge in [-0.1, -0.05) is 12.2 Å². The molecular weight excluding hydrogens is 168 g/mol. The first kappa shape index (κ1) is 10.3. The highest BCUT2D eigenvalue weighted by Crippen LogP contribution is 2.20. The first-order chi connectivity index (χ1) is 6.24. The Morgan fingerprint density at radius 3 is 2.85 bits per heavy atom. The molecule has 0 N–H and O–H groups in total. The lowest BCUT2D eigenvalue weighted by Crippen LogP contribution is -2.10. The highest BCUT2D eigenvalue weighted by Gasteiger charge is 2.35. The number of ether oxygens (including phenoxy) is 2. The Balaban J connectivity index is 1.98. The lowest BCUT2D eigenvalue weighted by atomic mass is 10.3. The van der Waals surface area contributed by atoms with Crippen molar-refractivity contribution in [1.29, 1.82) is 0 Å². The van der Waals surface area contributed by atoms with Crippen molar-refractivity contribution in [3.63, 3.8) is 0 Å². The second kappa shape index (κ2) is 5.02. The fourth-order valence-electron chi connectivity index (χ4n) is 1.02. The number of epoxide rings is 1. The summed E-state index contributed by atoms with van der Waals surface area (Å²) in [5.74, 6) is -0.138. The summed E-state index contributed by atoms with van der Waals surface area (Å²) in [6.45, 7) is 4.32. The number of allylic oxidation sites excluding steroid dienone is 2. The van der Waals surface area contributed by atoms with Crippen molar-refractivity contribution in [2.45, 2.75) is 38.9 Å². The Bertz CT molecular complexity index is 198. The molecule has 0 amide bonds. The van der Waals surface area contributed by atoms with Gasteiger partial charge in [0.1, 0.15) is 12.7 Å². The summed E-state index contributed by atoms with van der Waals surface area (Å²) in [7, 11) is 0. The molecule has 3 heteroatoms. The molecule has 0 bridgehead atoms. The molecule has 0 aromatic heterocycles. The van der Waals surface area contributed by atoms with Crippen molar-refractivity contribution in [3.05, 3.63) is 12.2 Å². The Hall–Kier alpha value is -0.830. The second-order valence-corrected chi connectivity index (χ2v) is 3.17. The number of hydrogen-bond donors (Lipinski definition) is 0. The van der Waals surface area contributed by atoms with Crippen LogP contribution in [0.3, 0.4) is 0 Å². The van der Waals surface area contributed by atoms with Gasteiger partial charge in [0.2, 0.25) is 0 Å². The van der Waals surface area contributed by atoms with E-state index in [-0.39, 0.29) is 18.2 Å². The minimum atomic E-state index is -0.138. The van der Waals surface area contributed by atoms with Crippen LogP contribution in [0.2, 0.25) is 0 Å². The van der Waals surface area contributed by atoms with E-state index in [4.69, 9.17) is 9.47 Å².